The van der Waals surface area contributed by atoms with Crippen molar-refractivity contribution in [2.45, 2.75) is 62.8 Å². The standard InChI is InChI=1S/C20H30N2O3S/c1-16(17-7-3-2-4-8-17)22-13-11-18(15-22)21-20(23)12-14-26(24,25)19-9-5-6-10-19/h2-4,7-8,16,18-19H,5-6,9-15H2,1H3,(H,21,23)/t16-,18-/m0/s1. The summed E-state index contributed by atoms with van der Waals surface area (Å²) < 4.78 is 24.6. The van der Waals surface area contributed by atoms with Crippen LogP contribution in [0.1, 0.15) is 57.1 Å². The van der Waals surface area contributed by atoms with E-state index in [0.717, 1.165) is 45.2 Å². The van der Waals surface area contributed by atoms with Gasteiger partial charge < -0.3 is 5.32 Å². The van der Waals surface area contributed by atoms with Gasteiger partial charge in [-0.3, -0.25) is 9.69 Å². The van der Waals surface area contributed by atoms with Crippen LogP contribution in [0, 0.1) is 0 Å². The van der Waals surface area contributed by atoms with Gasteiger partial charge in [0.15, 0.2) is 9.84 Å². The number of likely N-dealkylation sites (tertiary alicyclic amines) is 1. The minimum Gasteiger partial charge on any atom is -0.352 e. The number of hydrogen-bond donors (Lipinski definition) is 1. The maximum atomic E-state index is 12.3. The molecule has 5 nitrogen and oxygen atoms in total. The van der Waals surface area contributed by atoms with Crippen molar-refractivity contribution in [2.24, 2.45) is 0 Å². The lowest BCUT2D eigenvalue weighted by molar-refractivity contribution is -0.121. The number of nitrogens with zero attached hydrogens (tertiary/aromatic N) is 1. The molecule has 1 aliphatic heterocycles. The molecule has 1 aliphatic carbocycles. The van der Waals surface area contributed by atoms with Crippen LogP contribution in [0.2, 0.25) is 0 Å². The highest BCUT2D eigenvalue weighted by molar-refractivity contribution is 7.92. The van der Waals surface area contributed by atoms with Crippen molar-refractivity contribution in [3.63, 3.8) is 0 Å². The van der Waals surface area contributed by atoms with Crippen LogP contribution in [0.25, 0.3) is 0 Å². The molecule has 1 amide bonds. The average molecular weight is 379 g/mol. The van der Waals surface area contributed by atoms with E-state index in [2.05, 4.69) is 29.3 Å². The van der Waals surface area contributed by atoms with Crippen molar-refractivity contribution in [1.29, 1.82) is 0 Å². The molecule has 1 saturated carbocycles. The Morgan fingerprint density at radius 3 is 2.58 bits per heavy atom. The van der Waals surface area contributed by atoms with Crippen molar-refractivity contribution >= 4 is 15.7 Å². The normalized spacial score (nSPS) is 23.2. The topological polar surface area (TPSA) is 66.5 Å². The molecule has 2 atom stereocenters. The number of benzene rings is 1. The Morgan fingerprint density at radius 2 is 1.88 bits per heavy atom. The molecular weight excluding hydrogens is 348 g/mol. The third kappa shape index (κ3) is 4.86. The predicted molar refractivity (Wildman–Crippen MR) is 104 cm³/mol. The van der Waals surface area contributed by atoms with Crippen LogP contribution < -0.4 is 5.32 Å². The Hall–Kier alpha value is -1.40. The summed E-state index contributed by atoms with van der Waals surface area (Å²) in [5.74, 6) is -0.147. The maximum Gasteiger partial charge on any atom is 0.221 e. The van der Waals surface area contributed by atoms with E-state index in [9.17, 15) is 13.2 Å². The summed E-state index contributed by atoms with van der Waals surface area (Å²) in [4.78, 5) is 14.6. The second-order valence-corrected chi connectivity index (χ2v) is 10.1. The molecule has 0 unspecified atom stereocenters. The Morgan fingerprint density at radius 1 is 1.19 bits per heavy atom. The van der Waals surface area contributed by atoms with Gasteiger partial charge in [0, 0.05) is 31.6 Å². The van der Waals surface area contributed by atoms with E-state index < -0.39 is 9.84 Å². The van der Waals surface area contributed by atoms with Gasteiger partial charge in [0.2, 0.25) is 5.91 Å². The third-order valence-electron chi connectivity index (χ3n) is 5.84. The summed E-state index contributed by atoms with van der Waals surface area (Å²) in [6, 6.07) is 10.8. The molecule has 1 aromatic carbocycles. The first-order valence-electron chi connectivity index (χ1n) is 9.75. The minimum atomic E-state index is -3.12. The molecule has 0 radical (unpaired) electrons. The first-order valence-corrected chi connectivity index (χ1v) is 11.5. The monoisotopic (exact) mass is 378 g/mol. The Balaban J connectivity index is 1.44. The summed E-state index contributed by atoms with van der Waals surface area (Å²) >= 11 is 0. The van der Waals surface area contributed by atoms with Gasteiger partial charge in [-0.25, -0.2) is 8.42 Å². The number of sulfone groups is 1. The molecule has 1 saturated heterocycles. The van der Waals surface area contributed by atoms with Crippen LogP contribution in [-0.2, 0) is 14.6 Å². The largest absolute Gasteiger partial charge is 0.352 e. The minimum absolute atomic E-state index is 0.0135. The van der Waals surface area contributed by atoms with Gasteiger partial charge in [-0.1, -0.05) is 43.2 Å². The quantitative estimate of drug-likeness (QED) is 0.792. The highest BCUT2D eigenvalue weighted by Gasteiger charge is 2.30. The molecule has 26 heavy (non-hydrogen) atoms. The fraction of sp³-hybridized carbons (Fsp3) is 0.650. The van der Waals surface area contributed by atoms with E-state index in [1.807, 2.05) is 18.2 Å². The molecule has 6 heteroatoms. The molecule has 2 aliphatic rings. The molecule has 0 bridgehead atoms. The second-order valence-electron chi connectivity index (χ2n) is 7.66. The van der Waals surface area contributed by atoms with Crippen LogP contribution in [0.4, 0.5) is 0 Å². The van der Waals surface area contributed by atoms with E-state index in [0.29, 0.717) is 6.04 Å². The lowest BCUT2D eigenvalue weighted by Gasteiger charge is -2.24. The van der Waals surface area contributed by atoms with E-state index >= 15 is 0 Å². The second kappa shape index (κ2) is 8.53. The van der Waals surface area contributed by atoms with Crippen LogP contribution in [0.3, 0.4) is 0 Å². The smallest absolute Gasteiger partial charge is 0.221 e. The summed E-state index contributed by atoms with van der Waals surface area (Å²) in [5.41, 5.74) is 1.28. The fourth-order valence-electron chi connectivity index (χ4n) is 4.15. The molecule has 1 aromatic rings. The number of amides is 1. The number of carbonyl (C=O) groups is 1. The van der Waals surface area contributed by atoms with Crippen molar-refractivity contribution in [1.82, 2.24) is 10.2 Å². The van der Waals surface area contributed by atoms with Crippen LogP contribution in [0.5, 0.6) is 0 Å². The predicted octanol–water partition coefficient (Wildman–Crippen LogP) is 2.69. The van der Waals surface area contributed by atoms with Crippen molar-refractivity contribution < 1.29 is 13.2 Å². The third-order valence-corrected chi connectivity index (χ3v) is 8.10. The highest BCUT2D eigenvalue weighted by Crippen LogP contribution is 2.26. The summed E-state index contributed by atoms with van der Waals surface area (Å²) in [6.07, 6.45) is 4.51. The van der Waals surface area contributed by atoms with Crippen LogP contribution in [0.15, 0.2) is 30.3 Å². The van der Waals surface area contributed by atoms with Crippen molar-refractivity contribution in [3.8, 4) is 0 Å². The molecule has 0 spiro atoms. The van der Waals surface area contributed by atoms with E-state index in [4.69, 9.17) is 0 Å². The number of carbonyl (C=O) groups excluding carboxylic acids is 1. The van der Waals surface area contributed by atoms with Gasteiger partial charge in [-0.05, 0) is 31.7 Å². The summed E-state index contributed by atoms with van der Waals surface area (Å²) in [7, 11) is -3.12. The molecule has 3 rings (SSSR count). The van der Waals surface area contributed by atoms with Gasteiger partial charge in [-0.15, -0.1) is 0 Å². The average Bonchev–Trinajstić information content (AvgIpc) is 3.33. The Kier molecular flexibility index (Phi) is 6.35. The van der Waals surface area contributed by atoms with Crippen molar-refractivity contribution in [3.05, 3.63) is 35.9 Å². The number of hydrogen-bond acceptors (Lipinski definition) is 4. The SMILES string of the molecule is C[C@@H](c1ccccc1)N1CC[C@H](NC(=O)CCS(=O)(=O)C2CCCC2)C1. The van der Waals surface area contributed by atoms with Crippen LogP contribution >= 0.6 is 0 Å². The highest BCUT2D eigenvalue weighted by atomic mass is 32.2. The molecular formula is C20H30N2O3S. The van der Waals surface area contributed by atoms with Gasteiger partial charge in [0.1, 0.15) is 0 Å². The molecule has 144 valence electrons. The van der Waals surface area contributed by atoms with E-state index in [1.54, 1.807) is 0 Å². The first kappa shape index (κ1) is 19.4. The van der Waals surface area contributed by atoms with Gasteiger partial charge >= 0.3 is 0 Å². The zero-order valence-corrected chi connectivity index (χ0v) is 16.4. The molecule has 0 aromatic heterocycles. The molecule has 1 heterocycles. The lowest BCUT2D eigenvalue weighted by atomic mass is 10.1. The van der Waals surface area contributed by atoms with Gasteiger partial charge in [-0.2, -0.15) is 0 Å². The molecule has 1 N–H and O–H groups in total. The van der Waals surface area contributed by atoms with Crippen LogP contribution in [-0.4, -0.2) is 49.4 Å². The zero-order valence-electron chi connectivity index (χ0n) is 15.6. The Labute approximate surface area is 157 Å². The first-order chi connectivity index (χ1) is 12.5. The maximum absolute atomic E-state index is 12.3. The summed E-state index contributed by atoms with van der Waals surface area (Å²) in [5, 5.41) is 2.81. The van der Waals surface area contributed by atoms with Gasteiger partial charge in [0.05, 0.1) is 11.0 Å². The van der Waals surface area contributed by atoms with E-state index in [1.165, 1.54) is 5.56 Å². The van der Waals surface area contributed by atoms with Gasteiger partial charge in [0.25, 0.3) is 0 Å². The lowest BCUT2D eigenvalue weighted by Crippen LogP contribution is -2.38. The van der Waals surface area contributed by atoms with Crippen molar-refractivity contribution in [2.75, 3.05) is 18.8 Å². The molecule has 2 fully saturated rings. The van der Waals surface area contributed by atoms with E-state index in [-0.39, 0.29) is 29.4 Å². The number of rotatable bonds is 7. The number of nitrogens with one attached hydrogen (secondary N) is 1. The fourth-order valence-corrected chi connectivity index (χ4v) is 6.00. The summed E-state index contributed by atoms with van der Waals surface area (Å²) in [6.45, 7) is 3.95. The zero-order chi connectivity index (χ0) is 18.6. The Bertz CT molecular complexity index is 699.